The highest BCUT2D eigenvalue weighted by Gasteiger charge is 2.72. The van der Waals surface area contributed by atoms with Gasteiger partial charge >= 0.3 is 0 Å². The summed E-state index contributed by atoms with van der Waals surface area (Å²) in [5.74, 6) is 1.43. The van der Waals surface area contributed by atoms with Crippen LogP contribution in [0.2, 0.25) is 0 Å². The topological polar surface area (TPSA) is 56.8 Å². The Morgan fingerprint density at radius 2 is 1.65 bits per heavy atom. The van der Waals surface area contributed by atoms with E-state index < -0.39 is 6.10 Å². The van der Waals surface area contributed by atoms with Gasteiger partial charge in [0.2, 0.25) is 0 Å². The van der Waals surface area contributed by atoms with Gasteiger partial charge in [-0.05, 0) is 60.8 Å². The Balaban J connectivity index is 1.55. The maximum atomic E-state index is 9.64. The van der Waals surface area contributed by atoms with Crippen molar-refractivity contribution in [2.24, 2.45) is 23.7 Å². The van der Waals surface area contributed by atoms with Crippen LogP contribution < -0.4 is 0 Å². The van der Waals surface area contributed by atoms with Gasteiger partial charge in [0.25, 0.3) is 0 Å². The van der Waals surface area contributed by atoms with Gasteiger partial charge in [0, 0.05) is 0 Å². The molecule has 3 nitrogen and oxygen atoms in total. The van der Waals surface area contributed by atoms with Gasteiger partial charge in [-0.25, -0.2) is 0 Å². The van der Waals surface area contributed by atoms with E-state index in [-0.39, 0.29) is 16.9 Å². The highest BCUT2D eigenvalue weighted by molar-refractivity contribution is 5.34. The molecule has 1 aromatic rings. The van der Waals surface area contributed by atoms with Crippen LogP contribution >= 0.6 is 0 Å². The van der Waals surface area contributed by atoms with Gasteiger partial charge in [-0.2, -0.15) is 10.5 Å². The number of hydrogen-bond donors (Lipinski definition) is 0. The van der Waals surface area contributed by atoms with Crippen molar-refractivity contribution >= 4 is 0 Å². The van der Waals surface area contributed by atoms with Crippen LogP contribution in [-0.2, 0) is 10.2 Å². The Kier molecular flexibility index (Phi) is 2.58. The third kappa shape index (κ3) is 1.52. The van der Waals surface area contributed by atoms with Crippen molar-refractivity contribution in [2.45, 2.75) is 49.2 Å². The molecule has 3 unspecified atom stereocenters. The van der Waals surface area contributed by atoms with Gasteiger partial charge in [-0.15, -0.1) is 0 Å². The fraction of sp³-hybridized carbons (Fsp3) is 0.600. The van der Waals surface area contributed by atoms with Crippen molar-refractivity contribution in [2.75, 3.05) is 0 Å². The fourth-order valence-electron chi connectivity index (χ4n) is 6.64. The first-order chi connectivity index (χ1) is 11.2. The first-order valence-corrected chi connectivity index (χ1v) is 8.74. The van der Waals surface area contributed by atoms with Gasteiger partial charge in [0.1, 0.15) is 5.92 Å². The van der Waals surface area contributed by atoms with Gasteiger partial charge in [-0.1, -0.05) is 30.3 Å². The molecule has 116 valence electrons. The lowest BCUT2D eigenvalue weighted by Gasteiger charge is -2.70. The Labute approximate surface area is 136 Å². The number of nitrogens with zero attached hydrogens (tertiary/aromatic N) is 2. The molecule has 1 saturated heterocycles. The Hall–Kier alpha value is -1.84. The summed E-state index contributed by atoms with van der Waals surface area (Å²) in [6, 6.07) is 15.5. The van der Waals surface area contributed by atoms with Gasteiger partial charge in [0.05, 0.1) is 17.7 Å². The smallest absolute Gasteiger partial charge is 0.163 e. The van der Waals surface area contributed by atoms with Crippen LogP contribution in [0, 0.1) is 46.3 Å². The van der Waals surface area contributed by atoms with Crippen molar-refractivity contribution in [3.63, 3.8) is 0 Å². The molecule has 0 amide bonds. The van der Waals surface area contributed by atoms with E-state index in [1.54, 1.807) is 0 Å². The second-order valence-electron chi connectivity index (χ2n) is 8.12. The molecule has 7 atom stereocenters. The van der Waals surface area contributed by atoms with Crippen LogP contribution in [-0.4, -0.2) is 11.7 Å². The van der Waals surface area contributed by atoms with Crippen LogP contribution in [0.25, 0.3) is 0 Å². The van der Waals surface area contributed by atoms with Crippen molar-refractivity contribution in [3.8, 4) is 12.1 Å². The number of ether oxygens (including phenoxy) is 1. The maximum Gasteiger partial charge on any atom is 0.163 e. The van der Waals surface area contributed by atoms with Crippen molar-refractivity contribution in [1.29, 1.82) is 10.5 Å². The molecular formula is C20H20N2O. The van der Waals surface area contributed by atoms with E-state index in [2.05, 4.69) is 42.5 Å². The van der Waals surface area contributed by atoms with E-state index in [4.69, 9.17) is 4.74 Å². The molecule has 0 aromatic heterocycles. The fourth-order valence-corrected chi connectivity index (χ4v) is 6.64. The lowest BCUT2D eigenvalue weighted by Crippen LogP contribution is -2.74. The molecule has 4 saturated carbocycles. The molecule has 6 rings (SSSR count). The first-order valence-electron chi connectivity index (χ1n) is 8.74. The summed E-state index contributed by atoms with van der Waals surface area (Å²) in [6.45, 7) is 0. The van der Waals surface area contributed by atoms with Gasteiger partial charge in [0.15, 0.2) is 6.10 Å². The molecule has 5 aliphatic rings. The molecule has 1 heterocycles. The number of hydrogen-bond acceptors (Lipinski definition) is 3. The minimum Gasteiger partial charge on any atom is -0.353 e. The average Bonchev–Trinajstić information content (AvgIpc) is 2.54. The highest BCUT2D eigenvalue weighted by atomic mass is 16.5. The summed E-state index contributed by atoms with van der Waals surface area (Å²) in [5, 5.41) is 18.9. The van der Waals surface area contributed by atoms with E-state index in [1.165, 1.54) is 24.8 Å². The van der Waals surface area contributed by atoms with E-state index in [1.807, 2.05) is 0 Å². The zero-order valence-corrected chi connectivity index (χ0v) is 13.1. The number of benzene rings is 1. The van der Waals surface area contributed by atoms with Crippen molar-refractivity contribution in [3.05, 3.63) is 35.9 Å². The molecule has 1 aromatic carbocycles. The third-order valence-electron chi connectivity index (χ3n) is 7.24. The SMILES string of the molecule is N#C[C@@H]1OC2([C@@H]3CC4C[C@H]2CC(c2ccccc2)(C4)C3)[C@H]1C#N. The largest absolute Gasteiger partial charge is 0.353 e. The molecule has 1 aliphatic heterocycles. The van der Waals surface area contributed by atoms with E-state index in [0.29, 0.717) is 11.8 Å². The quantitative estimate of drug-likeness (QED) is 0.797. The number of nitriles is 2. The van der Waals surface area contributed by atoms with Crippen LogP contribution in [0.15, 0.2) is 30.3 Å². The summed E-state index contributed by atoms with van der Waals surface area (Å²) < 4.78 is 6.15. The summed E-state index contributed by atoms with van der Waals surface area (Å²) in [5.41, 5.74) is 1.44. The predicted molar refractivity (Wildman–Crippen MR) is 84.0 cm³/mol. The van der Waals surface area contributed by atoms with Crippen molar-refractivity contribution < 1.29 is 4.74 Å². The molecule has 0 N–H and O–H groups in total. The molecule has 23 heavy (non-hydrogen) atoms. The van der Waals surface area contributed by atoms with Gasteiger partial charge in [-0.3, -0.25) is 0 Å². The second-order valence-corrected chi connectivity index (χ2v) is 8.12. The average molecular weight is 304 g/mol. The normalized spacial score (nSPS) is 49.4. The lowest BCUT2D eigenvalue weighted by molar-refractivity contribution is -0.319. The monoisotopic (exact) mass is 304 g/mol. The molecule has 0 radical (unpaired) electrons. The number of rotatable bonds is 1. The molecule has 4 aliphatic carbocycles. The predicted octanol–water partition coefficient (Wildman–Crippen LogP) is 3.57. The van der Waals surface area contributed by atoms with Crippen molar-refractivity contribution in [1.82, 2.24) is 0 Å². The molecular weight excluding hydrogens is 284 g/mol. The first kappa shape index (κ1) is 13.6. The minimum absolute atomic E-state index is 0.227. The summed E-state index contributed by atoms with van der Waals surface area (Å²) in [7, 11) is 0. The van der Waals surface area contributed by atoms with Crippen LogP contribution in [0.5, 0.6) is 0 Å². The lowest BCUT2D eigenvalue weighted by atomic mass is 9.40. The van der Waals surface area contributed by atoms with E-state index >= 15 is 0 Å². The maximum absolute atomic E-state index is 9.64. The zero-order valence-electron chi connectivity index (χ0n) is 13.1. The third-order valence-corrected chi connectivity index (χ3v) is 7.24. The minimum atomic E-state index is -0.509. The Morgan fingerprint density at radius 3 is 2.26 bits per heavy atom. The Bertz CT molecular complexity index is 712. The van der Waals surface area contributed by atoms with Crippen LogP contribution in [0.4, 0.5) is 0 Å². The molecule has 4 bridgehead atoms. The summed E-state index contributed by atoms with van der Waals surface area (Å²) in [6.07, 6.45) is 5.40. The summed E-state index contributed by atoms with van der Waals surface area (Å²) in [4.78, 5) is 0. The standard InChI is InChI=1S/C20H20N2O/c21-11-17-18(12-22)23-20(17)15-6-13-7-16(20)10-19(8-13,9-15)14-4-2-1-3-5-14/h1-5,13,15-18H,6-10H2/t13?,15-,16+,17-,18-,19?,20?/m0/s1. The molecule has 1 spiro atoms. The zero-order chi connectivity index (χ0) is 15.7. The summed E-state index contributed by atoms with van der Waals surface area (Å²) >= 11 is 0. The highest BCUT2D eigenvalue weighted by Crippen LogP contribution is 2.69. The van der Waals surface area contributed by atoms with Crippen LogP contribution in [0.3, 0.4) is 0 Å². The van der Waals surface area contributed by atoms with Crippen LogP contribution in [0.1, 0.15) is 37.7 Å². The Morgan fingerprint density at radius 1 is 0.957 bits per heavy atom. The van der Waals surface area contributed by atoms with E-state index in [9.17, 15) is 10.5 Å². The molecule has 5 fully saturated rings. The van der Waals surface area contributed by atoms with E-state index in [0.717, 1.165) is 18.8 Å². The second kappa shape index (κ2) is 4.37. The molecule has 3 heteroatoms. The van der Waals surface area contributed by atoms with Gasteiger partial charge < -0.3 is 4.74 Å².